The molecule has 1 amide bonds. The number of aryl methyl sites for hydroxylation is 1. The van der Waals surface area contributed by atoms with Gasteiger partial charge in [-0.3, -0.25) is 19.3 Å². The number of rotatable bonds is 3. The summed E-state index contributed by atoms with van der Waals surface area (Å²) in [5.74, 6) is -2.80. The number of hydrogen-bond acceptors (Lipinski definition) is 8. The van der Waals surface area contributed by atoms with Crippen LogP contribution < -0.4 is 4.90 Å². The molecule has 2 aromatic carbocycles. The second-order valence-corrected chi connectivity index (χ2v) is 11.8. The smallest absolute Gasteiger partial charge is 0.338 e. The van der Waals surface area contributed by atoms with Gasteiger partial charge in [-0.1, -0.05) is 56.7 Å². The molecule has 2 aromatic rings. The molecule has 1 saturated carbocycles. The van der Waals surface area contributed by atoms with Gasteiger partial charge in [0.1, 0.15) is 16.9 Å². The average molecular weight is 520 g/mol. The van der Waals surface area contributed by atoms with Crippen LogP contribution in [0.1, 0.15) is 49.5 Å². The maximum atomic E-state index is 14.3. The topological polar surface area (TPSA) is 119 Å². The zero-order chi connectivity index (χ0) is 27.3. The number of aliphatic hydroxyl groups is 1. The van der Waals surface area contributed by atoms with E-state index < -0.39 is 64.1 Å². The van der Waals surface area contributed by atoms with Crippen LogP contribution in [0.4, 0.5) is 5.69 Å². The number of carbonyl (C=O) groups excluding carboxylic acids is 4. The minimum Gasteiger partial charge on any atom is -0.461 e. The zero-order valence-corrected chi connectivity index (χ0v) is 21.6. The Kier molecular flexibility index (Phi) is 4.96. The van der Waals surface area contributed by atoms with Crippen LogP contribution in [0.5, 0.6) is 0 Å². The first-order valence-corrected chi connectivity index (χ1v) is 12.7. The summed E-state index contributed by atoms with van der Waals surface area (Å²) in [4.78, 5) is 55.5. The van der Waals surface area contributed by atoms with E-state index >= 15 is 0 Å². The highest BCUT2D eigenvalue weighted by Crippen LogP contribution is 2.76. The number of esters is 3. The van der Waals surface area contributed by atoms with Crippen molar-refractivity contribution in [2.24, 2.45) is 16.2 Å². The van der Waals surface area contributed by atoms with Gasteiger partial charge in [-0.05, 0) is 36.6 Å². The summed E-state index contributed by atoms with van der Waals surface area (Å²) in [5, 5.41) is 12.7. The third-order valence-electron chi connectivity index (χ3n) is 9.02. The highest BCUT2D eigenvalue weighted by atomic mass is 16.6. The average Bonchev–Trinajstić information content (AvgIpc) is 3.47. The molecule has 0 radical (unpaired) electrons. The molecular weight excluding hydrogens is 490 g/mol. The molecular formula is C29H29NO8. The van der Waals surface area contributed by atoms with Crippen molar-refractivity contribution in [2.45, 2.75) is 64.6 Å². The van der Waals surface area contributed by atoms with Crippen molar-refractivity contribution >= 4 is 29.5 Å². The van der Waals surface area contributed by atoms with Crippen molar-refractivity contribution in [3.05, 3.63) is 65.7 Å². The first-order chi connectivity index (χ1) is 17.9. The lowest BCUT2D eigenvalue weighted by atomic mass is 9.52. The zero-order valence-electron chi connectivity index (χ0n) is 21.6. The van der Waals surface area contributed by atoms with Crippen LogP contribution in [0.2, 0.25) is 0 Å². The molecule has 9 heteroatoms. The van der Waals surface area contributed by atoms with E-state index in [-0.39, 0.29) is 18.4 Å². The summed E-state index contributed by atoms with van der Waals surface area (Å²) < 4.78 is 17.6. The van der Waals surface area contributed by atoms with Gasteiger partial charge in [-0.25, -0.2) is 4.79 Å². The van der Waals surface area contributed by atoms with Crippen molar-refractivity contribution in [1.29, 1.82) is 0 Å². The molecule has 0 aromatic heterocycles. The Labute approximate surface area is 219 Å². The standard InChI is InChI=1S/C29H29NO8/c1-16-10-12-18(13-11-16)30-22(32)21(37-23(33)17-8-6-5-7-9-17)29-24(30)38-25(34)27(29)15-20(31)36-19(27)14-28(29,35)26(2,3)4/h5-13,19,21,24,35H,14-15H2,1-4H3/t19-,21-,24-,27-,28+,29?/m0/s1. The highest BCUT2D eigenvalue weighted by molar-refractivity contribution is 6.07. The number of amides is 1. The van der Waals surface area contributed by atoms with Crippen molar-refractivity contribution in [1.82, 2.24) is 0 Å². The lowest BCUT2D eigenvalue weighted by Crippen LogP contribution is -2.66. The summed E-state index contributed by atoms with van der Waals surface area (Å²) in [6.45, 7) is 7.25. The minimum atomic E-state index is -1.82. The number of nitrogens with zero attached hydrogens (tertiary/aromatic N) is 1. The first-order valence-electron chi connectivity index (χ1n) is 12.7. The summed E-state index contributed by atoms with van der Waals surface area (Å²) in [5.41, 5.74) is -4.72. The van der Waals surface area contributed by atoms with Crippen LogP contribution in [0.15, 0.2) is 54.6 Å². The maximum Gasteiger partial charge on any atom is 0.338 e. The molecule has 6 atom stereocenters. The second kappa shape index (κ2) is 7.66. The molecule has 1 N–H and O–H groups in total. The number of anilines is 1. The molecule has 38 heavy (non-hydrogen) atoms. The van der Waals surface area contributed by atoms with E-state index in [9.17, 15) is 24.3 Å². The Morgan fingerprint density at radius 2 is 1.68 bits per heavy atom. The molecule has 4 aliphatic rings. The predicted octanol–water partition coefficient (Wildman–Crippen LogP) is 2.92. The first kappa shape index (κ1) is 24.6. The monoisotopic (exact) mass is 519 g/mol. The molecule has 3 heterocycles. The SMILES string of the molecule is Cc1ccc(N2C(=O)[C@H](OC(=O)c3ccccc3)C34[C@@H]2OC(=O)[C@@]32CC(=O)O[C@H]2C[C@@]4(O)C(C)(C)C)cc1. The molecule has 4 fully saturated rings. The Bertz CT molecular complexity index is 1370. The summed E-state index contributed by atoms with van der Waals surface area (Å²) in [6.07, 6.45) is -4.50. The highest BCUT2D eigenvalue weighted by Gasteiger charge is 2.93. The molecule has 3 saturated heterocycles. The van der Waals surface area contributed by atoms with Crippen LogP contribution >= 0.6 is 0 Å². The van der Waals surface area contributed by atoms with Gasteiger partial charge < -0.3 is 19.3 Å². The third-order valence-corrected chi connectivity index (χ3v) is 9.02. The van der Waals surface area contributed by atoms with E-state index in [1.54, 1.807) is 75.4 Å². The van der Waals surface area contributed by atoms with Crippen LogP contribution in [-0.4, -0.2) is 53.0 Å². The lowest BCUT2D eigenvalue weighted by molar-refractivity contribution is -0.204. The Morgan fingerprint density at radius 1 is 1.03 bits per heavy atom. The number of carbonyl (C=O) groups is 4. The Morgan fingerprint density at radius 3 is 2.32 bits per heavy atom. The Balaban J connectivity index is 1.62. The van der Waals surface area contributed by atoms with Crippen LogP contribution in [0.3, 0.4) is 0 Å². The fourth-order valence-corrected chi connectivity index (χ4v) is 7.23. The molecule has 1 unspecified atom stereocenters. The quantitative estimate of drug-likeness (QED) is 0.486. The Hall–Kier alpha value is -3.72. The molecule has 3 aliphatic heterocycles. The van der Waals surface area contributed by atoms with Gasteiger partial charge in [0.25, 0.3) is 5.91 Å². The lowest BCUT2D eigenvalue weighted by Gasteiger charge is -2.51. The van der Waals surface area contributed by atoms with E-state index in [1.807, 2.05) is 6.92 Å². The summed E-state index contributed by atoms with van der Waals surface area (Å²) >= 11 is 0. The predicted molar refractivity (Wildman–Crippen MR) is 133 cm³/mol. The maximum absolute atomic E-state index is 14.3. The van der Waals surface area contributed by atoms with Crippen LogP contribution in [0.25, 0.3) is 0 Å². The van der Waals surface area contributed by atoms with Crippen molar-refractivity contribution in [3.8, 4) is 0 Å². The number of ether oxygens (including phenoxy) is 3. The molecule has 9 nitrogen and oxygen atoms in total. The van der Waals surface area contributed by atoms with Gasteiger partial charge in [0.2, 0.25) is 0 Å². The van der Waals surface area contributed by atoms with Crippen molar-refractivity contribution in [3.63, 3.8) is 0 Å². The van der Waals surface area contributed by atoms with E-state index in [4.69, 9.17) is 14.2 Å². The second-order valence-electron chi connectivity index (χ2n) is 11.8. The van der Waals surface area contributed by atoms with Crippen molar-refractivity contribution < 1.29 is 38.5 Å². The van der Waals surface area contributed by atoms with Crippen molar-refractivity contribution in [2.75, 3.05) is 4.90 Å². The fraction of sp³-hybridized carbons (Fsp3) is 0.448. The van der Waals surface area contributed by atoms with Gasteiger partial charge in [0.15, 0.2) is 12.3 Å². The molecule has 2 spiro atoms. The molecule has 1 aliphatic carbocycles. The van der Waals surface area contributed by atoms with Gasteiger partial charge in [-0.2, -0.15) is 0 Å². The van der Waals surface area contributed by atoms with E-state index in [0.29, 0.717) is 5.69 Å². The van der Waals surface area contributed by atoms with E-state index in [0.717, 1.165) is 5.56 Å². The normalized spacial score (nSPS) is 35.4. The summed E-state index contributed by atoms with van der Waals surface area (Å²) in [6, 6.07) is 15.2. The van der Waals surface area contributed by atoms with E-state index in [2.05, 4.69) is 0 Å². The molecule has 6 rings (SSSR count). The molecule has 198 valence electrons. The molecule has 0 bridgehead atoms. The third kappa shape index (κ3) is 2.74. The number of hydrogen-bond donors (Lipinski definition) is 1. The number of benzene rings is 2. The minimum absolute atomic E-state index is 0.109. The van der Waals surface area contributed by atoms with Crippen LogP contribution in [0, 0.1) is 23.2 Å². The van der Waals surface area contributed by atoms with E-state index in [1.165, 1.54) is 4.90 Å². The van der Waals surface area contributed by atoms with Crippen LogP contribution in [-0.2, 0) is 28.6 Å². The van der Waals surface area contributed by atoms with Gasteiger partial charge in [0, 0.05) is 12.1 Å². The fourth-order valence-electron chi connectivity index (χ4n) is 7.23. The van der Waals surface area contributed by atoms with Gasteiger partial charge >= 0.3 is 17.9 Å². The summed E-state index contributed by atoms with van der Waals surface area (Å²) in [7, 11) is 0. The largest absolute Gasteiger partial charge is 0.461 e. The van der Waals surface area contributed by atoms with Gasteiger partial charge in [-0.15, -0.1) is 0 Å². The van der Waals surface area contributed by atoms with Gasteiger partial charge in [0.05, 0.1) is 17.6 Å².